The second-order valence-corrected chi connectivity index (χ2v) is 9.97. The van der Waals surface area contributed by atoms with Gasteiger partial charge in [0.15, 0.2) is 0 Å². The highest BCUT2D eigenvalue weighted by atomic mass is 32.2. The van der Waals surface area contributed by atoms with Crippen molar-refractivity contribution in [3.8, 4) is 5.75 Å². The van der Waals surface area contributed by atoms with Crippen molar-refractivity contribution in [2.24, 2.45) is 0 Å². The number of carbonyl (C=O) groups is 1. The second-order valence-electron chi connectivity index (χ2n) is 8.11. The molecule has 0 saturated carbocycles. The SMILES string of the molecule is COc1ccc(N(CC(=O)NC(C)c2cc(C)c(C)cc2C)S(=O)(=O)c2ccccc2)cc1. The third-order valence-corrected chi connectivity index (χ3v) is 7.49. The monoisotopic (exact) mass is 466 g/mol. The Hall–Kier alpha value is -3.32. The summed E-state index contributed by atoms with van der Waals surface area (Å²) in [6.45, 7) is 7.64. The molecule has 33 heavy (non-hydrogen) atoms. The molecule has 7 heteroatoms. The summed E-state index contributed by atoms with van der Waals surface area (Å²) in [7, 11) is -2.42. The van der Waals surface area contributed by atoms with E-state index in [0.29, 0.717) is 11.4 Å². The summed E-state index contributed by atoms with van der Waals surface area (Å²) < 4.78 is 33.2. The molecule has 0 radical (unpaired) electrons. The van der Waals surface area contributed by atoms with E-state index in [4.69, 9.17) is 4.74 Å². The molecule has 0 aliphatic heterocycles. The van der Waals surface area contributed by atoms with Crippen LogP contribution in [-0.2, 0) is 14.8 Å². The fourth-order valence-electron chi connectivity index (χ4n) is 3.73. The lowest BCUT2D eigenvalue weighted by Crippen LogP contribution is -2.41. The van der Waals surface area contributed by atoms with Crippen molar-refractivity contribution in [2.75, 3.05) is 18.0 Å². The minimum Gasteiger partial charge on any atom is -0.497 e. The molecule has 1 unspecified atom stereocenters. The number of hydrogen-bond acceptors (Lipinski definition) is 4. The van der Waals surface area contributed by atoms with Gasteiger partial charge in [-0.05, 0) is 86.3 Å². The summed E-state index contributed by atoms with van der Waals surface area (Å²) >= 11 is 0. The Morgan fingerprint density at radius 1 is 0.939 bits per heavy atom. The number of ether oxygens (including phenoxy) is 1. The van der Waals surface area contributed by atoms with Crippen molar-refractivity contribution >= 4 is 21.6 Å². The van der Waals surface area contributed by atoms with Crippen LogP contribution >= 0.6 is 0 Å². The average molecular weight is 467 g/mol. The first-order valence-electron chi connectivity index (χ1n) is 10.7. The van der Waals surface area contributed by atoms with Crippen LogP contribution in [0.3, 0.4) is 0 Å². The average Bonchev–Trinajstić information content (AvgIpc) is 2.80. The number of sulfonamides is 1. The molecule has 0 heterocycles. The highest BCUT2D eigenvalue weighted by Gasteiger charge is 2.27. The lowest BCUT2D eigenvalue weighted by Gasteiger charge is -2.25. The van der Waals surface area contributed by atoms with Gasteiger partial charge in [-0.3, -0.25) is 9.10 Å². The normalized spacial score (nSPS) is 12.2. The van der Waals surface area contributed by atoms with E-state index in [0.717, 1.165) is 21.0 Å². The zero-order chi connectivity index (χ0) is 24.2. The largest absolute Gasteiger partial charge is 0.497 e. The lowest BCUT2D eigenvalue weighted by molar-refractivity contribution is -0.120. The standard InChI is InChI=1S/C26H30N2O4S/c1-18-15-20(3)25(16-19(18)2)21(4)27-26(29)17-28(22-11-13-23(32-5)14-12-22)33(30,31)24-9-7-6-8-10-24/h6-16,21H,17H2,1-5H3,(H,27,29). The second kappa shape index (κ2) is 10.1. The summed E-state index contributed by atoms with van der Waals surface area (Å²) in [4.78, 5) is 13.2. The lowest BCUT2D eigenvalue weighted by atomic mass is 9.96. The van der Waals surface area contributed by atoms with Gasteiger partial charge in [-0.1, -0.05) is 30.3 Å². The van der Waals surface area contributed by atoms with E-state index in [2.05, 4.69) is 24.4 Å². The quantitative estimate of drug-likeness (QED) is 0.522. The highest BCUT2D eigenvalue weighted by Crippen LogP contribution is 2.26. The van der Waals surface area contributed by atoms with Gasteiger partial charge in [-0.25, -0.2) is 8.42 Å². The zero-order valence-corrected chi connectivity index (χ0v) is 20.4. The molecule has 1 N–H and O–H groups in total. The van der Waals surface area contributed by atoms with E-state index < -0.39 is 15.9 Å². The van der Waals surface area contributed by atoms with Crippen LogP contribution < -0.4 is 14.4 Å². The molecule has 0 fully saturated rings. The molecular weight excluding hydrogens is 436 g/mol. The summed E-state index contributed by atoms with van der Waals surface area (Å²) in [6, 6.07) is 18.6. The number of hydrogen-bond donors (Lipinski definition) is 1. The summed E-state index contributed by atoms with van der Waals surface area (Å²) in [6.07, 6.45) is 0. The highest BCUT2D eigenvalue weighted by molar-refractivity contribution is 7.92. The van der Waals surface area contributed by atoms with Gasteiger partial charge in [0.25, 0.3) is 10.0 Å². The van der Waals surface area contributed by atoms with Crippen LogP contribution in [0.5, 0.6) is 5.75 Å². The Bertz CT molecular complexity index is 1220. The molecule has 0 saturated heterocycles. The molecule has 6 nitrogen and oxygen atoms in total. The van der Waals surface area contributed by atoms with Gasteiger partial charge in [0, 0.05) is 0 Å². The van der Waals surface area contributed by atoms with E-state index in [-0.39, 0.29) is 17.5 Å². The third kappa shape index (κ3) is 5.54. The fraction of sp³-hybridized carbons (Fsp3) is 0.269. The maximum absolute atomic E-state index is 13.4. The molecule has 0 bridgehead atoms. The number of nitrogens with one attached hydrogen (secondary N) is 1. The predicted octanol–water partition coefficient (Wildman–Crippen LogP) is 4.69. The Balaban J connectivity index is 1.89. The number of aryl methyl sites for hydroxylation is 3. The van der Waals surface area contributed by atoms with Crippen LogP contribution in [0.2, 0.25) is 0 Å². The molecule has 1 atom stereocenters. The first-order valence-corrected chi connectivity index (χ1v) is 12.2. The molecular formula is C26H30N2O4S. The first kappa shape index (κ1) is 24.3. The van der Waals surface area contributed by atoms with E-state index in [1.54, 1.807) is 42.5 Å². The Kier molecular flexibility index (Phi) is 7.43. The van der Waals surface area contributed by atoms with Crippen LogP contribution in [0.25, 0.3) is 0 Å². The van der Waals surface area contributed by atoms with Crippen molar-refractivity contribution < 1.29 is 17.9 Å². The van der Waals surface area contributed by atoms with Gasteiger partial charge in [0.1, 0.15) is 12.3 Å². The van der Waals surface area contributed by atoms with Gasteiger partial charge in [0.2, 0.25) is 5.91 Å². The Morgan fingerprint density at radius 3 is 2.15 bits per heavy atom. The van der Waals surface area contributed by atoms with Gasteiger partial charge in [-0.15, -0.1) is 0 Å². The molecule has 0 spiro atoms. The van der Waals surface area contributed by atoms with E-state index in [1.165, 1.54) is 24.8 Å². The molecule has 0 aliphatic rings. The van der Waals surface area contributed by atoms with Crippen molar-refractivity contribution in [3.05, 3.63) is 89.0 Å². The zero-order valence-electron chi connectivity index (χ0n) is 19.6. The predicted molar refractivity (Wildman–Crippen MR) is 131 cm³/mol. The molecule has 3 aromatic rings. The first-order chi connectivity index (χ1) is 15.6. The molecule has 174 valence electrons. The third-order valence-electron chi connectivity index (χ3n) is 5.71. The number of benzene rings is 3. The van der Waals surface area contributed by atoms with E-state index in [9.17, 15) is 13.2 Å². The molecule has 0 aliphatic carbocycles. The molecule has 3 rings (SSSR count). The summed E-state index contributed by atoms with van der Waals surface area (Å²) in [5.74, 6) is 0.203. The number of methoxy groups -OCH3 is 1. The Morgan fingerprint density at radius 2 is 1.55 bits per heavy atom. The van der Waals surface area contributed by atoms with Crippen molar-refractivity contribution in [1.82, 2.24) is 5.32 Å². The number of carbonyl (C=O) groups excluding carboxylic acids is 1. The minimum absolute atomic E-state index is 0.117. The Labute approximate surface area is 196 Å². The molecule has 0 aromatic heterocycles. The topological polar surface area (TPSA) is 75.7 Å². The minimum atomic E-state index is -3.96. The summed E-state index contributed by atoms with van der Waals surface area (Å²) in [5.41, 5.74) is 4.80. The van der Waals surface area contributed by atoms with Crippen molar-refractivity contribution in [3.63, 3.8) is 0 Å². The van der Waals surface area contributed by atoms with Gasteiger partial charge in [-0.2, -0.15) is 0 Å². The summed E-state index contributed by atoms with van der Waals surface area (Å²) in [5, 5.41) is 2.96. The van der Waals surface area contributed by atoms with Gasteiger partial charge in [0.05, 0.1) is 23.7 Å². The smallest absolute Gasteiger partial charge is 0.264 e. The number of anilines is 1. The number of amides is 1. The van der Waals surface area contributed by atoms with E-state index in [1.807, 2.05) is 20.8 Å². The van der Waals surface area contributed by atoms with Crippen molar-refractivity contribution in [1.29, 1.82) is 0 Å². The van der Waals surface area contributed by atoms with Gasteiger partial charge < -0.3 is 10.1 Å². The molecule has 3 aromatic carbocycles. The fourth-order valence-corrected chi connectivity index (χ4v) is 5.17. The maximum Gasteiger partial charge on any atom is 0.264 e. The van der Waals surface area contributed by atoms with Crippen LogP contribution in [0.1, 0.15) is 35.2 Å². The van der Waals surface area contributed by atoms with Gasteiger partial charge >= 0.3 is 0 Å². The van der Waals surface area contributed by atoms with Crippen LogP contribution in [-0.4, -0.2) is 28.0 Å². The maximum atomic E-state index is 13.4. The van der Waals surface area contributed by atoms with Crippen LogP contribution in [0.4, 0.5) is 5.69 Å². The molecule has 1 amide bonds. The van der Waals surface area contributed by atoms with E-state index >= 15 is 0 Å². The number of nitrogens with zero attached hydrogens (tertiary/aromatic N) is 1. The van der Waals surface area contributed by atoms with Crippen LogP contribution in [0.15, 0.2) is 71.6 Å². The van der Waals surface area contributed by atoms with Crippen LogP contribution in [0, 0.1) is 20.8 Å². The van der Waals surface area contributed by atoms with Crippen molar-refractivity contribution in [2.45, 2.75) is 38.6 Å². The number of rotatable bonds is 8.